The molecule has 1 fully saturated rings. The summed E-state index contributed by atoms with van der Waals surface area (Å²) < 4.78 is 7.74. The second-order valence-corrected chi connectivity index (χ2v) is 9.09. The number of aryl methyl sites for hydroxylation is 1. The largest absolute Gasteiger partial charge is 0.486 e. The predicted octanol–water partition coefficient (Wildman–Crippen LogP) is 4.33. The fourth-order valence-electron chi connectivity index (χ4n) is 4.25. The minimum Gasteiger partial charge on any atom is -0.486 e. The van der Waals surface area contributed by atoms with Crippen LogP contribution in [0.25, 0.3) is 5.52 Å². The van der Waals surface area contributed by atoms with Crippen LogP contribution in [0.2, 0.25) is 5.02 Å². The molecule has 1 aromatic carbocycles. The number of halogens is 1. The number of nitrogens with zero attached hydrogens (tertiary/aromatic N) is 5. The summed E-state index contributed by atoms with van der Waals surface area (Å²) in [7, 11) is 0. The zero-order valence-corrected chi connectivity index (χ0v) is 19.9. The van der Waals surface area contributed by atoms with Crippen LogP contribution in [-0.2, 0) is 13.2 Å². The highest BCUT2D eigenvalue weighted by Crippen LogP contribution is 2.31. The molecule has 4 aromatic rings. The molecule has 8 nitrogen and oxygen atoms in total. The molecule has 4 heterocycles. The first-order valence-electron chi connectivity index (χ1n) is 11.5. The summed E-state index contributed by atoms with van der Waals surface area (Å²) in [6.07, 6.45) is 5.57. The van der Waals surface area contributed by atoms with Crippen LogP contribution < -0.4 is 15.8 Å². The smallest absolute Gasteiger partial charge is 0.158 e. The van der Waals surface area contributed by atoms with E-state index in [0.29, 0.717) is 23.4 Å². The fourth-order valence-corrected chi connectivity index (χ4v) is 4.49. The van der Waals surface area contributed by atoms with Gasteiger partial charge in [-0.25, -0.2) is 9.50 Å². The monoisotopic (exact) mass is 477 g/mol. The van der Waals surface area contributed by atoms with Crippen LogP contribution in [0.15, 0.2) is 55.0 Å². The summed E-state index contributed by atoms with van der Waals surface area (Å²) >= 11 is 6.52. The number of ether oxygens (including phenoxy) is 1. The SMILES string of the molecule is Cc1cccc(COc2ccc(Nc3ncnn4ccc(CN5CCC(N)CC5)c34)cc2Cl)n1. The van der Waals surface area contributed by atoms with E-state index in [-0.39, 0.29) is 0 Å². The van der Waals surface area contributed by atoms with Crippen molar-refractivity contribution >= 4 is 28.6 Å². The van der Waals surface area contributed by atoms with Crippen LogP contribution in [0.1, 0.15) is 29.8 Å². The van der Waals surface area contributed by atoms with E-state index >= 15 is 0 Å². The van der Waals surface area contributed by atoms with E-state index in [1.165, 1.54) is 5.56 Å². The maximum atomic E-state index is 6.52. The van der Waals surface area contributed by atoms with E-state index in [1.54, 1.807) is 6.33 Å². The highest BCUT2D eigenvalue weighted by Gasteiger charge is 2.19. The van der Waals surface area contributed by atoms with Crippen molar-refractivity contribution in [2.24, 2.45) is 5.73 Å². The average Bonchev–Trinajstić information content (AvgIpc) is 3.24. The number of likely N-dealkylation sites (tertiary alicyclic amines) is 1. The first kappa shape index (κ1) is 22.6. The van der Waals surface area contributed by atoms with Gasteiger partial charge in [0.1, 0.15) is 24.2 Å². The molecule has 0 amide bonds. The second-order valence-electron chi connectivity index (χ2n) is 8.69. The van der Waals surface area contributed by atoms with E-state index < -0.39 is 0 Å². The van der Waals surface area contributed by atoms with Gasteiger partial charge in [0.2, 0.25) is 0 Å². The third kappa shape index (κ3) is 5.14. The van der Waals surface area contributed by atoms with Gasteiger partial charge in [-0.1, -0.05) is 17.7 Å². The third-order valence-corrected chi connectivity index (χ3v) is 6.38. The molecule has 1 aliphatic rings. The Labute approximate surface area is 203 Å². The first-order valence-corrected chi connectivity index (χ1v) is 11.8. The molecule has 3 aromatic heterocycles. The normalized spacial score (nSPS) is 15.0. The quantitative estimate of drug-likeness (QED) is 0.409. The van der Waals surface area contributed by atoms with Crippen molar-refractivity contribution in [1.82, 2.24) is 24.5 Å². The molecule has 176 valence electrons. The van der Waals surface area contributed by atoms with Crippen LogP contribution in [0, 0.1) is 6.92 Å². The van der Waals surface area contributed by atoms with Gasteiger partial charge in [-0.2, -0.15) is 5.10 Å². The Balaban J connectivity index is 1.31. The minimum atomic E-state index is 0.312. The lowest BCUT2D eigenvalue weighted by atomic mass is 10.1. The fraction of sp³-hybridized carbons (Fsp3) is 0.320. The van der Waals surface area contributed by atoms with Crippen molar-refractivity contribution < 1.29 is 4.74 Å². The summed E-state index contributed by atoms with van der Waals surface area (Å²) in [6.45, 7) is 5.16. The Morgan fingerprint density at radius 2 is 2.03 bits per heavy atom. The van der Waals surface area contributed by atoms with Crippen molar-refractivity contribution in [2.75, 3.05) is 18.4 Å². The molecule has 34 heavy (non-hydrogen) atoms. The van der Waals surface area contributed by atoms with Crippen LogP contribution in [0.5, 0.6) is 5.75 Å². The summed E-state index contributed by atoms with van der Waals surface area (Å²) in [5.41, 5.74) is 10.8. The van der Waals surface area contributed by atoms with E-state index in [1.807, 2.05) is 54.0 Å². The van der Waals surface area contributed by atoms with E-state index in [9.17, 15) is 0 Å². The number of pyridine rings is 1. The molecule has 1 aliphatic heterocycles. The number of rotatable bonds is 7. The Kier molecular flexibility index (Phi) is 6.62. The van der Waals surface area contributed by atoms with Crippen molar-refractivity contribution in [3.63, 3.8) is 0 Å². The van der Waals surface area contributed by atoms with Crippen LogP contribution in [0.3, 0.4) is 0 Å². The van der Waals surface area contributed by atoms with Crippen molar-refractivity contribution in [3.8, 4) is 5.75 Å². The molecular weight excluding hydrogens is 450 g/mol. The second kappa shape index (κ2) is 9.97. The van der Waals surface area contributed by atoms with Crippen LogP contribution >= 0.6 is 11.6 Å². The molecule has 9 heteroatoms. The van der Waals surface area contributed by atoms with E-state index in [4.69, 9.17) is 22.1 Å². The van der Waals surface area contributed by atoms with Gasteiger partial charge >= 0.3 is 0 Å². The third-order valence-electron chi connectivity index (χ3n) is 6.08. The van der Waals surface area contributed by atoms with Gasteiger partial charge in [-0.15, -0.1) is 0 Å². The molecule has 0 unspecified atom stereocenters. The molecule has 0 radical (unpaired) electrons. The maximum absolute atomic E-state index is 6.52. The topological polar surface area (TPSA) is 93.6 Å². The molecule has 5 rings (SSSR count). The van der Waals surface area contributed by atoms with Crippen molar-refractivity contribution in [3.05, 3.63) is 77.0 Å². The number of hydrogen-bond acceptors (Lipinski definition) is 7. The van der Waals surface area contributed by atoms with Crippen LogP contribution in [-0.4, -0.2) is 43.6 Å². The highest BCUT2D eigenvalue weighted by atomic mass is 35.5. The van der Waals surface area contributed by atoms with Crippen molar-refractivity contribution in [1.29, 1.82) is 0 Å². The first-order chi connectivity index (χ1) is 16.5. The standard InChI is InChI=1S/C25H28ClN7O/c1-17-3-2-4-21(30-17)15-34-23-6-5-20(13-22(23)26)31-25-24-18(7-12-33(24)29-16-28-25)14-32-10-8-19(27)9-11-32/h2-7,12-13,16,19H,8-11,14-15,27H2,1H3,(H,28,29,31). The molecule has 0 saturated carbocycles. The molecular formula is C25H28ClN7O. The number of piperidine rings is 1. The Bertz CT molecular complexity index is 1280. The Morgan fingerprint density at radius 1 is 1.18 bits per heavy atom. The molecule has 3 N–H and O–H groups in total. The summed E-state index contributed by atoms with van der Waals surface area (Å²) in [5.74, 6) is 1.34. The number of nitrogens with one attached hydrogen (secondary N) is 1. The minimum absolute atomic E-state index is 0.312. The van der Waals surface area contributed by atoms with E-state index in [2.05, 4.69) is 31.3 Å². The molecule has 0 aliphatic carbocycles. The highest BCUT2D eigenvalue weighted by molar-refractivity contribution is 6.32. The van der Waals surface area contributed by atoms with Gasteiger partial charge in [0.25, 0.3) is 0 Å². The average molecular weight is 478 g/mol. The Morgan fingerprint density at radius 3 is 2.82 bits per heavy atom. The zero-order chi connectivity index (χ0) is 23.5. The molecule has 0 spiro atoms. The number of nitrogens with two attached hydrogens (primary N) is 1. The van der Waals surface area contributed by atoms with Crippen LogP contribution in [0.4, 0.5) is 11.5 Å². The Hall–Kier alpha value is -3.20. The summed E-state index contributed by atoms with van der Waals surface area (Å²) in [6, 6.07) is 13.9. The van der Waals surface area contributed by atoms with Crippen molar-refractivity contribution in [2.45, 2.75) is 39.0 Å². The number of anilines is 2. The number of benzene rings is 1. The lowest BCUT2D eigenvalue weighted by Crippen LogP contribution is -2.39. The summed E-state index contributed by atoms with van der Waals surface area (Å²) in [4.78, 5) is 11.4. The van der Waals surface area contributed by atoms with Gasteiger partial charge in [0, 0.05) is 30.2 Å². The number of hydrogen-bond donors (Lipinski definition) is 2. The molecule has 1 saturated heterocycles. The summed E-state index contributed by atoms with van der Waals surface area (Å²) in [5, 5.41) is 8.30. The van der Waals surface area contributed by atoms with Gasteiger partial charge in [-0.05, 0) is 74.8 Å². The van der Waals surface area contributed by atoms with Gasteiger partial charge in [-0.3, -0.25) is 9.88 Å². The number of aromatic nitrogens is 4. The van der Waals surface area contributed by atoms with Gasteiger partial charge in [0.05, 0.1) is 10.7 Å². The molecule has 0 atom stereocenters. The lowest BCUT2D eigenvalue weighted by molar-refractivity contribution is 0.206. The van der Waals surface area contributed by atoms with E-state index in [0.717, 1.165) is 60.9 Å². The zero-order valence-electron chi connectivity index (χ0n) is 19.1. The molecule has 0 bridgehead atoms. The maximum Gasteiger partial charge on any atom is 0.158 e. The lowest BCUT2D eigenvalue weighted by Gasteiger charge is -2.29. The van der Waals surface area contributed by atoms with Gasteiger partial charge < -0.3 is 15.8 Å². The predicted molar refractivity (Wildman–Crippen MR) is 134 cm³/mol. The number of fused-ring (bicyclic) bond motifs is 1. The van der Waals surface area contributed by atoms with Gasteiger partial charge in [0.15, 0.2) is 5.82 Å².